The van der Waals surface area contributed by atoms with Crippen LogP contribution in [0.3, 0.4) is 0 Å². The van der Waals surface area contributed by atoms with Crippen molar-refractivity contribution in [2.24, 2.45) is 0 Å². The molecule has 7 heteroatoms. The van der Waals surface area contributed by atoms with Crippen molar-refractivity contribution in [2.45, 2.75) is 122 Å². The van der Waals surface area contributed by atoms with Gasteiger partial charge in [0.25, 0.3) is 5.91 Å². The van der Waals surface area contributed by atoms with E-state index >= 15 is 0 Å². The number of nitrogens with one attached hydrogen (secondary N) is 1. The van der Waals surface area contributed by atoms with Crippen molar-refractivity contribution in [3.8, 4) is 11.1 Å². The molecule has 4 nitrogen and oxygen atoms in total. The second-order valence-electron chi connectivity index (χ2n) is 13.1. The summed E-state index contributed by atoms with van der Waals surface area (Å²) < 4.78 is 39.1. The van der Waals surface area contributed by atoms with Gasteiger partial charge in [0.15, 0.2) is 0 Å². The number of carbonyl (C=O) groups is 1. The van der Waals surface area contributed by atoms with E-state index < -0.39 is 11.7 Å². The summed E-state index contributed by atoms with van der Waals surface area (Å²) in [6.07, 6.45) is 15.3. The molecule has 3 aromatic rings. The predicted octanol–water partition coefficient (Wildman–Crippen LogP) is 11.6. The van der Waals surface area contributed by atoms with Crippen molar-refractivity contribution in [2.75, 3.05) is 11.9 Å². The van der Waals surface area contributed by atoms with E-state index in [1.807, 2.05) is 18.2 Å². The molecule has 0 bridgehead atoms. The monoisotopic (exact) mass is 660 g/mol. The minimum atomic E-state index is -4.42. The molecule has 0 radical (unpaired) electrons. The number of amides is 1. The SMILES string of the molecule is CCCCCCCCCCCCCCCCC(=C=O)N1CCc2cc(NC(=O)c3ccccc3-c3ccc(C(F)(F)F)cc3)ccc2C1. The Morgan fingerprint density at radius 3 is 1.98 bits per heavy atom. The quantitative estimate of drug-likeness (QED) is 0.103. The Morgan fingerprint density at radius 2 is 1.38 bits per heavy atom. The molecule has 1 aliphatic heterocycles. The lowest BCUT2D eigenvalue weighted by Gasteiger charge is -2.31. The Morgan fingerprint density at radius 1 is 0.771 bits per heavy atom. The molecule has 0 atom stereocenters. The van der Waals surface area contributed by atoms with E-state index in [1.54, 1.807) is 24.3 Å². The van der Waals surface area contributed by atoms with Crippen molar-refractivity contribution >= 4 is 17.5 Å². The fourth-order valence-corrected chi connectivity index (χ4v) is 6.59. The Hall–Kier alpha value is -3.83. The van der Waals surface area contributed by atoms with Crippen molar-refractivity contribution < 1.29 is 22.8 Å². The highest BCUT2D eigenvalue weighted by molar-refractivity contribution is 6.08. The molecular formula is C41H51F3N2O2. The first-order chi connectivity index (χ1) is 23.3. The first kappa shape index (κ1) is 37.0. The average molecular weight is 661 g/mol. The van der Waals surface area contributed by atoms with Gasteiger partial charge in [0, 0.05) is 24.3 Å². The standard InChI is InChI=1S/C41H51F3N2O2/c1-2-3-4-5-6-7-8-9-10-11-12-13-14-15-18-37(31-47)46-28-27-33-29-36(26-23-34(33)30-46)45-40(48)39-20-17-16-19-38(39)32-21-24-35(25-22-32)41(42,43)44/h16-17,19-26,29H,2-15,18,27-28,30H2,1H3,(H,45,48). The van der Waals surface area contributed by atoms with Gasteiger partial charge in [0.2, 0.25) is 0 Å². The maximum atomic E-state index is 13.3. The number of benzene rings is 3. The summed E-state index contributed by atoms with van der Waals surface area (Å²) in [5.74, 6) is 1.88. The topological polar surface area (TPSA) is 49.4 Å². The van der Waals surface area contributed by atoms with E-state index in [1.165, 1.54) is 89.2 Å². The number of hydrogen-bond donors (Lipinski definition) is 1. The van der Waals surface area contributed by atoms with Gasteiger partial charge in [0.05, 0.1) is 11.3 Å². The van der Waals surface area contributed by atoms with Gasteiger partial charge in [-0.1, -0.05) is 127 Å². The summed E-state index contributed by atoms with van der Waals surface area (Å²) in [6.45, 7) is 3.63. The number of unbranched alkanes of at least 4 members (excludes halogenated alkanes) is 13. The van der Waals surface area contributed by atoms with Crippen LogP contribution in [-0.2, 0) is 23.9 Å². The molecule has 3 aromatic carbocycles. The van der Waals surface area contributed by atoms with Crippen molar-refractivity contribution in [3.05, 3.63) is 94.7 Å². The highest BCUT2D eigenvalue weighted by Gasteiger charge is 2.30. The summed E-state index contributed by atoms with van der Waals surface area (Å²) in [5, 5.41) is 2.97. The molecule has 0 aromatic heterocycles. The van der Waals surface area contributed by atoms with E-state index in [2.05, 4.69) is 23.1 Å². The summed E-state index contributed by atoms with van der Waals surface area (Å²) in [6, 6.07) is 17.6. The molecule has 0 spiro atoms. The zero-order chi connectivity index (χ0) is 34.2. The lowest BCUT2D eigenvalue weighted by molar-refractivity contribution is -0.137. The molecule has 0 unspecified atom stereocenters. The zero-order valence-corrected chi connectivity index (χ0v) is 28.5. The molecule has 1 N–H and O–H groups in total. The van der Waals surface area contributed by atoms with Crippen molar-refractivity contribution in [1.29, 1.82) is 0 Å². The molecule has 0 fully saturated rings. The van der Waals surface area contributed by atoms with Crippen LogP contribution >= 0.6 is 0 Å². The number of fused-ring (bicyclic) bond motifs is 1. The average Bonchev–Trinajstić information content (AvgIpc) is 3.09. The summed E-state index contributed by atoms with van der Waals surface area (Å²) >= 11 is 0. The number of nitrogens with zero attached hydrogens (tertiary/aromatic N) is 1. The Balaban J connectivity index is 1.20. The Bertz CT molecular complexity index is 1490. The maximum Gasteiger partial charge on any atom is 0.416 e. The second-order valence-corrected chi connectivity index (χ2v) is 13.1. The Labute approximate surface area is 284 Å². The fraction of sp³-hybridized carbons (Fsp3) is 0.488. The third-order valence-corrected chi connectivity index (χ3v) is 9.44. The van der Waals surface area contributed by atoms with E-state index in [-0.39, 0.29) is 5.91 Å². The summed E-state index contributed by atoms with van der Waals surface area (Å²) in [4.78, 5) is 27.3. The molecule has 1 heterocycles. The lowest BCUT2D eigenvalue weighted by atomic mass is 9.97. The molecule has 1 amide bonds. The van der Waals surface area contributed by atoms with E-state index in [0.717, 1.165) is 61.2 Å². The number of carbonyl (C=O) groups excluding carboxylic acids is 2. The van der Waals surface area contributed by atoms with Gasteiger partial charge in [-0.3, -0.25) is 4.79 Å². The third kappa shape index (κ3) is 11.4. The van der Waals surface area contributed by atoms with Crippen LogP contribution in [0.4, 0.5) is 18.9 Å². The number of anilines is 1. The van der Waals surface area contributed by atoms with Crippen LogP contribution in [0.2, 0.25) is 0 Å². The number of hydrogen-bond acceptors (Lipinski definition) is 3. The minimum Gasteiger partial charge on any atom is -0.361 e. The fourth-order valence-electron chi connectivity index (χ4n) is 6.59. The van der Waals surface area contributed by atoms with Gasteiger partial charge < -0.3 is 10.2 Å². The van der Waals surface area contributed by atoms with Gasteiger partial charge >= 0.3 is 6.18 Å². The highest BCUT2D eigenvalue weighted by Crippen LogP contribution is 2.32. The lowest BCUT2D eigenvalue weighted by Crippen LogP contribution is -2.30. The van der Waals surface area contributed by atoms with Gasteiger partial charge in [-0.15, -0.1) is 0 Å². The molecule has 0 saturated carbocycles. The van der Waals surface area contributed by atoms with E-state index in [0.29, 0.717) is 28.9 Å². The number of rotatable bonds is 19. The highest BCUT2D eigenvalue weighted by atomic mass is 19.4. The summed E-state index contributed by atoms with van der Waals surface area (Å²) in [7, 11) is 0. The summed E-state index contributed by atoms with van der Waals surface area (Å²) in [5.41, 5.74) is 4.40. The van der Waals surface area contributed by atoms with Crippen LogP contribution < -0.4 is 5.32 Å². The molecule has 0 aliphatic carbocycles. The van der Waals surface area contributed by atoms with Gasteiger partial charge in [-0.2, -0.15) is 13.2 Å². The zero-order valence-electron chi connectivity index (χ0n) is 28.5. The van der Waals surface area contributed by atoms with Crippen LogP contribution in [-0.4, -0.2) is 23.3 Å². The smallest absolute Gasteiger partial charge is 0.361 e. The first-order valence-corrected chi connectivity index (χ1v) is 18.0. The van der Waals surface area contributed by atoms with Crippen LogP contribution in [0.5, 0.6) is 0 Å². The molecule has 1 aliphatic rings. The van der Waals surface area contributed by atoms with Crippen LogP contribution in [0.1, 0.15) is 130 Å². The molecular weight excluding hydrogens is 609 g/mol. The van der Waals surface area contributed by atoms with Gasteiger partial charge in [-0.05, 0) is 71.8 Å². The third-order valence-electron chi connectivity index (χ3n) is 9.44. The van der Waals surface area contributed by atoms with E-state index in [4.69, 9.17) is 0 Å². The molecule has 48 heavy (non-hydrogen) atoms. The van der Waals surface area contributed by atoms with E-state index in [9.17, 15) is 22.8 Å². The van der Waals surface area contributed by atoms with Crippen molar-refractivity contribution in [3.63, 3.8) is 0 Å². The van der Waals surface area contributed by atoms with Crippen LogP contribution in [0.25, 0.3) is 11.1 Å². The normalized spacial score (nSPS) is 12.8. The van der Waals surface area contributed by atoms with Crippen LogP contribution in [0, 0.1) is 0 Å². The largest absolute Gasteiger partial charge is 0.416 e. The minimum absolute atomic E-state index is 0.331. The number of alkyl halides is 3. The van der Waals surface area contributed by atoms with Crippen molar-refractivity contribution in [1.82, 2.24) is 4.90 Å². The molecule has 0 saturated heterocycles. The molecule has 4 rings (SSSR count). The Kier molecular flexibility index (Phi) is 14.8. The molecule has 258 valence electrons. The first-order valence-electron chi connectivity index (χ1n) is 18.0. The maximum absolute atomic E-state index is 13.3. The van der Waals surface area contributed by atoms with Crippen LogP contribution in [0.15, 0.2) is 72.4 Å². The van der Waals surface area contributed by atoms with Gasteiger partial charge in [0.1, 0.15) is 5.94 Å². The number of halogens is 3. The van der Waals surface area contributed by atoms with Gasteiger partial charge in [-0.25, -0.2) is 4.79 Å². The second kappa shape index (κ2) is 19.2. The predicted molar refractivity (Wildman–Crippen MR) is 190 cm³/mol. The number of allylic oxidation sites excluding steroid dienone is 1.